The average molecular weight is 526 g/mol. The first-order valence-electron chi connectivity index (χ1n) is 12.0. The van der Waals surface area contributed by atoms with Crippen molar-refractivity contribution in [1.82, 2.24) is 4.90 Å². The van der Waals surface area contributed by atoms with E-state index < -0.39 is 11.2 Å². The van der Waals surface area contributed by atoms with Crippen LogP contribution in [0.15, 0.2) is 87.5 Å². The Morgan fingerprint density at radius 1 is 0.771 bits per heavy atom. The van der Waals surface area contributed by atoms with Crippen molar-refractivity contribution in [3.05, 3.63) is 89.5 Å². The summed E-state index contributed by atoms with van der Waals surface area (Å²) in [5.74, 6) is 0. The third kappa shape index (κ3) is 6.12. The van der Waals surface area contributed by atoms with Gasteiger partial charge in [0.15, 0.2) is 0 Å². The van der Waals surface area contributed by atoms with Crippen molar-refractivity contribution in [1.29, 1.82) is 0 Å². The first-order chi connectivity index (χ1) is 16.9. The first kappa shape index (κ1) is 26.6. The van der Waals surface area contributed by atoms with Gasteiger partial charge in [0.1, 0.15) is 5.60 Å². The van der Waals surface area contributed by atoms with Crippen molar-refractivity contribution in [3.8, 4) is 0 Å². The van der Waals surface area contributed by atoms with Gasteiger partial charge in [0.2, 0.25) is 0 Å². The molecule has 0 spiro atoms. The minimum atomic E-state index is -1.07. The zero-order valence-electron chi connectivity index (χ0n) is 20.7. The fourth-order valence-electron chi connectivity index (χ4n) is 4.88. The Balaban J connectivity index is 1.51. The second-order valence-electron chi connectivity index (χ2n) is 9.18. The van der Waals surface area contributed by atoms with Gasteiger partial charge in [-0.2, -0.15) is 0 Å². The lowest BCUT2D eigenvalue weighted by Crippen LogP contribution is -2.44. The maximum absolute atomic E-state index is 12.2. The van der Waals surface area contributed by atoms with Gasteiger partial charge in [0.25, 0.3) is 0 Å². The van der Waals surface area contributed by atoms with Crippen molar-refractivity contribution in [3.63, 3.8) is 0 Å². The molecule has 3 nitrogen and oxygen atoms in total. The number of hydrogen-bond acceptors (Lipinski definition) is 6. The summed E-state index contributed by atoms with van der Waals surface area (Å²) in [6.07, 6.45) is 8.20. The van der Waals surface area contributed by atoms with Crippen molar-refractivity contribution >= 4 is 35.3 Å². The van der Waals surface area contributed by atoms with Crippen LogP contribution in [-0.2, 0) is 11.2 Å². The Hall–Kier alpha value is -1.41. The van der Waals surface area contributed by atoms with E-state index in [0.29, 0.717) is 19.3 Å². The molecule has 0 amide bonds. The van der Waals surface area contributed by atoms with Crippen molar-refractivity contribution in [2.75, 3.05) is 38.4 Å². The third-order valence-electron chi connectivity index (χ3n) is 7.17. The van der Waals surface area contributed by atoms with Crippen LogP contribution in [0.3, 0.4) is 0 Å². The highest BCUT2D eigenvalue weighted by Crippen LogP contribution is 2.38. The smallest absolute Gasteiger partial charge is 0.116 e. The molecule has 6 heteroatoms. The lowest BCUT2D eigenvalue weighted by molar-refractivity contribution is -0.0316. The summed E-state index contributed by atoms with van der Waals surface area (Å²) in [6, 6.07) is 24.9. The number of nitrogens with zero attached hydrogens (tertiary/aromatic N) is 1. The summed E-state index contributed by atoms with van der Waals surface area (Å²) >= 11 is 5.09. The molecule has 0 bridgehead atoms. The summed E-state index contributed by atoms with van der Waals surface area (Å²) in [7, 11) is 0. The molecule has 1 saturated heterocycles. The number of thioether (sulfide) groups is 3. The van der Waals surface area contributed by atoms with Crippen molar-refractivity contribution < 1.29 is 10.2 Å². The molecule has 0 radical (unpaired) electrons. The molecule has 0 atom stereocenters. The molecule has 0 saturated carbocycles. The molecule has 1 fully saturated rings. The van der Waals surface area contributed by atoms with Gasteiger partial charge in [-0.3, -0.25) is 0 Å². The third-order valence-corrected chi connectivity index (χ3v) is 9.35. The normalized spacial score (nSPS) is 16.4. The molecular weight excluding hydrogens is 491 g/mol. The molecule has 1 heterocycles. The maximum Gasteiger partial charge on any atom is 0.116 e. The topological polar surface area (TPSA) is 43.7 Å². The predicted molar refractivity (Wildman–Crippen MR) is 152 cm³/mol. The highest BCUT2D eigenvalue weighted by Gasteiger charge is 2.36. The first-order valence-corrected chi connectivity index (χ1v) is 15.7. The second kappa shape index (κ2) is 11.8. The molecule has 0 aromatic heterocycles. The summed E-state index contributed by atoms with van der Waals surface area (Å²) in [5, 5.41) is 23.6. The Morgan fingerprint density at radius 2 is 1.26 bits per heavy atom. The van der Waals surface area contributed by atoms with Gasteiger partial charge in [-0.05, 0) is 91.1 Å². The standard InChI is InChI=1S/C29H35NO2S3/c1-33-25-10-4-7-22(19-25)28(31)13-16-30(17-14-28)18-15-29(32,23-8-5-11-26(20-23)34-2)24-9-6-12-27(21-24)35-3/h4-12,19-21,31-32H,13-18H2,1-3H3. The van der Waals surface area contributed by atoms with E-state index >= 15 is 0 Å². The molecule has 1 aliphatic rings. The van der Waals surface area contributed by atoms with E-state index in [1.54, 1.807) is 35.3 Å². The predicted octanol–water partition coefficient (Wildman–Crippen LogP) is 6.46. The SMILES string of the molecule is CSc1cccc(C2(O)CCN(CCC(O)(c3cccc(SC)c3)c3cccc(SC)c3)CC2)c1. The van der Waals surface area contributed by atoms with Crippen LogP contribution in [0.25, 0.3) is 0 Å². The van der Waals surface area contributed by atoms with Gasteiger partial charge in [-0.15, -0.1) is 35.3 Å². The molecule has 3 aromatic rings. The van der Waals surface area contributed by atoms with Gasteiger partial charge in [-0.1, -0.05) is 36.4 Å². The lowest BCUT2D eigenvalue weighted by atomic mass is 9.82. The number of aliphatic hydroxyl groups is 2. The summed E-state index contributed by atoms with van der Waals surface area (Å²) in [5.41, 5.74) is 1.04. The molecule has 1 aliphatic heterocycles. The van der Waals surface area contributed by atoms with Crippen LogP contribution in [0.1, 0.15) is 36.0 Å². The van der Waals surface area contributed by atoms with Crippen LogP contribution in [-0.4, -0.2) is 53.5 Å². The van der Waals surface area contributed by atoms with E-state index in [2.05, 4.69) is 60.1 Å². The van der Waals surface area contributed by atoms with Gasteiger partial charge < -0.3 is 15.1 Å². The van der Waals surface area contributed by atoms with E-state index in [1.807, 2.05) is 36.4 Å². The number of likely N-dealkylation sites (tertiary alicyclic amines) is 1. The minimum Gasteiger partial charge on any atom is -0.385 e. The maximum atomic E-state index is 12.2. The van der Waals surface area contributed by atoms with E-state index in [1.165, 1.54) is 4.90 Å². The van der Waals surface area contributed by atoms with Crippen LogP contribution < -0.4 is 0 Å². The number of benzene rings is 3. The van der Waals surface area contributed by atoms with Crippen molar-refractivity contribution in [2.45, 2.75) is 45.2 Å². The highest BCUT2D eigenvalue weighted by molar-refractivity contribution is 7.99. The molecule has 0 aliphatic carbocycles. The number of hydrogen-bond donors (Lipinski definition) is 2. The summed E-state index contributed by atoms with van der Waals surface area (Å²) in [4.78, 5) is 5.87. The fraction of sp³-hybridized carbons (Fsp3) is 0.379. The van der Waals surface area contributed by atoms with E-state index in [4.69, 9.17) is 0 Å². The Morgan fingerprint density at radius 3 is 1.77 bits per heavy atom. The minimum absolute atomic E-state index is 0.600. The van der Waals surface area contributed by atoms with Crippen LogP contribution in [0, 0.1) is 0 Å². The average Bonchev–Trinajstić information content (AvgIpc) is 2.92. The molecule has 2 N–H and O–H groups in total. The summed E-state index contributed by atoms with van der Waals surface area (Å²) < 4.78 is 0. The molecule has 4 rings (SSSR count). The summed E-state index contributed by atoms with van der Waals surface area (Å²) in [6.45, 7) is 2.39. The zero-order valence-corrected chi connectivity index (χ0v) is 23.2. The van der Waals surface area contributed by atoms with Crippen LogP contribution in [0.2, 0.25) is 0 Å². The Labute approximate surface area is 222 Å². The second-order valence-corrected chi connectivity index (χ2v) is 11.8. The molecule has 0 unspecified atom stereocenters. The molecule has 3 aromatic carbocycles. The largest absolute Gasteiger partial charge is 0.385 e. The van der Waals surface area contributed by atoms with Crippen LogP contribution in [0.4, 0.5) is 0 Å². The Bertz CT molecular complexity index is 1080. The van der Waals surface area contributed by atoms with Gasteiger partial charge >= 0.3 is 0 Å². The van der Waals surface area contributed by atoms with Gasteiger partial charge in [-0.25, -0.2) is 0 Å². The number of rotatable bonds is 9. The van der Waals surface area contributed by atoms with Gasteiger partial charge in [0, 0.05) is 34.3 Å². The number of piperidine rings is 1. The molecule has 35 heavy (non-hydrogen) atoms. The Kier molecular flexibility index (Phi) is 8.95. The zero-order chi connectivity index (χ0) is 24.9. The van der Waals surface area contributed by atoms with E-state index in [9.17, 15) is 10.2 Å². The van der Waals surface area contributed by atoms with Crippen LogP contribution in [0.5, 0.6) is 0 Å². The molecule has 186 valence electrons. The highest BCUT2D eigenvalue weighted by atomic mass is 32.2. The van der Waals surface area contributed by atoms with Crippen molar-refractivity contribution in [2.24, 2.45) is 0 Å². The van der Waals surface area contributed by atoms with Crippen LogP contribution >= 0.6 is 35.3 Å². The van der Waals surface area contributed by atoms with E-state index in [-0.39, 0.29) is 0 Å². The molecular formula is C29H35NO2S3. The quantitative estimate of drug-likeness (QED) is 0.313. The lowest BCUT2D eigenvalue weighted by Gasteiger charge is -2.40. The monoisotopic (exact) mass is 525 g/mol. The van der Waals surface area contributed by atoms with Gasteiger partial charge in [0.05, 0.1) is 5.60 Å². The fourth-order valence-corrected chi connectivity index (χ4v) is 6.26. The van der Waals surface area contributed by atoms with E-state index in [0.717, 1.165) is 46.1 Å².